The molecular weight excluding hydrogens is 398 g/mol. The number of aromatic nitrogens is 4. The van der Waals surface area contributed by atoms with Gasteiger partial charge in [0, 0.05) is 25.1 Å². The maximum atomic E-state index is 12.6. The molecule has 0 bridgehead atoms. The average Bonchev–Trinajstić information content (AvgIpc) is 3.36. The summed E-state index contributed by atoms with van der Waals surface area (Å²) in [6, 6.07) is 9.89. The Morgan fingerprint density at radius 2 is 1.93 bits per heavy atom. The zero-order valence-electron chi connectivity index (χ0n) is 17.4. The van der Waals surface area contributed by atoms with E-state index in [1.807, 2.05) is 47.0 Å². The zero-order valence-corrected chi connectivity index (χ0v) is 18.2. The Morgan fingerprint density at radius 3 is 2.63 bits per heavy atom. The summed E-state index contributed by atoms with van der Waals surface area (Å²) in [5.41, 5.74) is 2.86. The predicted octanol–water partition coefficient (Wildman–Crippen LogP) is 4.21. The summed E-state index contributed by atoms with van der Waals surface area (Å²) in [5.74, 6) is 1.77. The molecule has 0 aliphatic carbocycles. The van der Waals surface area contributed by atoms with E-state index in [0.29, 0.717) is 42.2 Å². The molecule has 0 aliphatic rings. The van der Waals surface area contributed by atoms with Crippen molar-refractivity contribution in [3.63, 3.8) is 0 Å². The Balaban J connectivity index is 1.46. The molecule has 0 spiro atoms. The summed E-state index contributed by atoms with van der Waals surface area (Å²) in [7, 11) is 0. The van der Waals surface area contributed by atoms with E-state index < -0.39 is 0 Å². The second kappa shape index (κ2) is 8.39. The third kappa shape index (κ3) is 3.75. The van der Waals surface area contributed by atoms with Gasteiger partial charge in [0.15, 0.2) is 0 Å². The van der Waals surface area contributed by atoms with Crippen molar-refractivity contribution in [2.75, 3.05) is 5.32 Å². The highest BCUT2D eigenvalue weighted by Crippen LogP contribution is 2.21. The van der Waals surface area contributed by atoms with Crippen LogP contribution < -0.4 is 10.9 Å². The second-order valence-corrected chi connectivity index (χ2v) is 8.53. The van der Waals surface area contributed by atoms with Crippen molar-refractivity contribution in [3.05, 3.63) is 57.5 Å². The summed E-state index contributed by atoms with van der Waals surface area (Å²) >= 11 is 1.43. The third-order valence-electron chi connectivity index (χ3n) is 5.26. The third-order valence-corrected chi connectivity index (χ3v) is 6.15. The number of aryl methyl sites for hydroxylation is 2. The zero-order chi connectivity index (χ0) is 21.3. The van der Waals surface area contributed by atoms with Gasteiger partial charge in [-0.05, 0) is 48.4 Å². The number of nitrogens with one attached hydrogen (secondary N) is 1. The lowest BCUT2D eigenvalue weighted by molar-refractivity contribution is -0.116. The van der Waals surface area contributed by atoms with Crippen LogP contribution in [0.15, 0.2) is 40.5 Å². The summed E-state index contributed by atoms with van der Waals surface area (Å²) < 4.78 is 4.29. The van der Waals surface area contributed by atoms with Gasteiger partial charge in [0.05, 0.1) is 5.52 Å². The minimum absolute atomic E-state index is 0.0211. The average molecular weight is 424 g/mol. The first-order valence-corrected chi connectivity index (χ1v) is 11.1. The largest absolute Gasteiger partial charge is 0.326 e. The molecule has 0 aliphatic heterocycles. The molecule has 3 heterocycles. The van der Waals surface area contributed by atoms with Crippen LogP contribution in [0.25, 0.3) is 16.0 Å². The molecule has 156 valence electrons. The molecule has 1 aromatic carbocycles. The van der Waals surface area contributed by atoms with Crippen LogP contribution in [0.5, 0.6) is 0 Å². The van der Waals surface area contributed by atoms with Crippen molar-refractivity contribution < 1.29 is 4.79 Å². The van der Waals surface area contributed by atoms with Crippen LogP contribution >= 0.6 is 11.3 Å². The van der Waals surface area contributed by atoms with E-state index in [1.165, 1.54) is 16.9 Å². The Labute approximate surface area is 178 Å². The number of benzene rings is 1. The van der Waals surface area contributed by atoms with Crippen molar-refractivity contribution in [1.29, 1.82) is 0 Å². The van der Waals surface area contributed by atoms with Crippen LogP contribution in [0.2, 0.25) is 0 Å². The quantitative estimate of drug-likeness (QED) is 0.483. The predicted molar refractivity (Wildman–Crippen MR) is 120 cm³/mol. The van der Waals surface area contributed by atoms with Crippen molar-refractivity contribution in [2.45, 2.75) is 52.5 Å². The van der Waals surface area contributed by atoms with Crippen molar-refractivity contribution in [2.24, 2.45) is 0 Å². The monoisotopic (exact) mass is 423 g/mol. The van der Waals surface area contributed by atoms with Crippen molar-refractivity contribution in [1.82, 2.24) is 19.2 Å². The number of thiophene rings is 1. The molecule has 1 amide bonds. The van der Waals surface area contributed by atoms with Crippen molar-refractivity contribution >= 4 is 38.9 Å². The van der Waals surface area contributed by atoms with E-state index in [4.69, 9.17) is 0 Å². The standard InChI is InChI=1S/C22H25N5O2S/c1-4-26-21(29)20-17(12-13-30-20)27-18(24-25-22(26)27)6-5-7-19(28)23-16-10-8-15(9-11-16)14(2)3/h8-14H,4-7H2,1-3H3,(H,23,28). The molecule has 4 rings (SSSR count). The van der Waals surface area contributed by atoms with Crippen LogP contribution in [0.1, 0.15) is 50.9 Å². The Hall–Kier alpha value is -3.00. The molecule has 4 aromatic rings. The molecule has 0 unspecified atom stereocenters. The number of hydrogen-bond acceptors (Lipinski definition) is 5. The van der Waals surface area contributed by atoms with E-state index in [2.05, 4.69) is 29.4 Å². The smallest absolute Gasteiger partial charge is 0.272 e. The van der Waals surface area contributed by atoms with E-state index in [9.17, 15) is 9.59 Å². The lowest BCUT2D eigenvalue weighted by Crippen LogP contribution is -2.21. The lowest BCUT2D eigenvalue weighted by atomic mass is 10.0. The first-order chi connectivity index (χ1) is 14.5. The highest BCUT2D eigenvalue weighted by molar-refractivity contribution is 7.17. The maximum absolute atomic E-state index is 12.6. The topological polar surface area (TPSA) is 81.3 Å². The second-order valence-electron chi connectivity index (χ2n) is 7.61. The molecule has 0 saturated carbocycles. The van der Waals surface area contributed by atoms with Gasteiger partial charge in [-0.25, -0.2) is 0 Å². The Kier molecular flexibility index (Phi) is 5.67. The molecule has 30 heavy (non-hydrogen) atoms. The molecule has 0 radical (unpaired) electrons. The van der Waals surface area contributed by atoms with E-state index in [0.717, 1.165) is 17.0 Å². The minimum Gasteiger partial charge on any atom is -0.326 e. The number of fused-ring (bicyclic) bond motifs is 3. The summed E-state index contributed by atoms with van der Waals surface area (Å²) in [6.07, 6.45) is 1.64. The fraction of sp³-hybridized carbons (Fsp3) is 0.364. The van der Waals surface area contributed by atoms with E-state index in [-0.39, 0.29) is 11.5 Å². The molecule has 0 saturated heterocycles. The first-order valence-electron chi connectivity index (χ1n) is 10.2. The van der Waals surface area contributed by atoms with Crippen molar-refractivity contribution in [3.8, 4) is 0 Å². The van der Waals surface area contributed by atoms with Crippen LogP contribution in [-0.4, -0.2) is 25.1 Å². The number of hydrogen-bond donors (Lipinski definition) is 1. The molecule has 0 fully saturated rings. The van der Waals surface area contributed by atoms with Gasteiger partial charge >= 0.3 is 0 Å². The summed E-state index contributed by atoms with van der Waals surface area (Å²) in [4.78, 5) is 25.0. The van der Waals surface area contributed by atoms with Gasteiger partial charge in [-0.3, -0.25) is 18.6 Å². The van der Waals surface area contributed by atoms with Gasteiger partial charge in [0.1, 0.15) is 10.5 Å². The molecule has 7 nitrogen and oxygen atoms in total. The minimum atomic E-state index is -0.0307. The molecule has 8 heteroatoms. The number of nitrogens with zero attached hydrogens (tertiary/aromatic N) is 4. The fourth-order valence-corrected chi connectivity index (χ4v) is 4.43. The van der Waals surface area contributed by atoms with Gasteiger partial charge in [-0.1, -0.05) is 26.0 Å². The van der Waals surface area contributed by atoms with E-state index in [1.54, 1.807) is 4.57 Å². The van der Waals surface area contributed by atoms with Crippen LogP contribution in [0.4, 0.5) is 5.69 Å². The van der Waals surface area contributed by atoms with Crippen LogP contribution in [0.3, 0.4) is 0 Å². The normalized spacial score (nSPS) is 11.6. The number of carbonyl (C=O) groups is 1. The highest BCUT2D eigenvalue weighted by atomic mass is 32.1. The number of amides is 1. The lowest BCUT2D eigenvalue weighted by Gasteiger charge is -2.09. The van der Waals surface area contributed by atoms with Gasteiger partial charge in [0.2, 0.25) is 11.7 Å². The maximum Gasteiger partial charge on any atom is 0.272 e. The highest BCUT2D eigenvalue weighted by Gasteiger charge is 2.16. The Morgan fingerprint density at radius 1 is 1.17 bits per heavy atom. The van der Waals surface area contributed by atoms with Gasteiger partial charge < -0.3 is 5.32 Å². The molecule has 3 aromatic heterocycles. The SMILES string of the molecule is CCn1c(=O)c2sccc2n2c(CCCC(=O)Nc3ccc(C(C)C)cc3)nnc12. The van der Waals surface area contributed by atoms with Gasteiger partial charge in [-0.15, -0.1) is 21.5 Å². The van der Waals surface area contributed by atoms with Crippen LogP contribution in [-0.2, 0) is 17.8 Å². The van der Waals surface area contributed by atoms with E-state index >= 15 is 0 Å². The summed E-state index contributed by atoms with van der Waals surface area (Å²) in [5, 5.41) is 13.4. The number of anilines is 1. The molecule has 0 atom stereocenters. The fourth-order valence-electron chi connectivity index (χ4n) is 3.61. The molecular formula is C22H25N5O2S. The number of rotatable bonds is 7. The number of carbonyl (C=O) groups excluding carboxylic acids is 1. The Bertz CT molecular complexity index is 1250. The molecule has 1 N–H and O–H groups in total. The van der Waals surface area contributed by atoms with Crippen LogP contribution in [0, 0.1) is 0 Å². The van der Waals surface area contributed by atoms with Gasteiger partial charge in [-0.2, -0.15) is 0 Å². The van der Waals surface area contributed by atoms with Gasteiger partial charge in [0.25, 0.3) is 5.56 Å². The summed E-state index contributed by atoms with van der Waals surface area (Å²) in [6.45, 7) is 6.75. The first kappa shape index (κ1) is 20.3.